The minimum Gasteiger partial charge on any atom is -0.390 e. The topological polar surface area (TPSA) is 124 Å². The van der Waals surface area contributed by atoms with E-state index >= 15 is 0 Å². The van der Waals surface area contributed by atoms with Crippen molar-refractivity contribution in [2.45, 2.75) is 62.9 Å². The van der Waals surface area contributed by atoms with Crippen molar-refractivity contribution in [2.24, 2.45) is 5.41 Å². The van der Waals surface area contributed by atoms with Crippen molar-refractivity contribution < 1.29 is 14.9 Å². The predicted octanol–water partition coefficient (Wildman–Crippen LogP) is 2.56. The van der Waals surface area contributed by atoms with Crippen LogP contribution in [0.1, 0.15) is 49.2 Å². The van der Waals surface area contributed by atoms with Crippen LogP contribution in [-0.2, 0) is 4.74 Å². The molecule has 9 nitrogen and oxygen atoms in total. The highest BCUT2D eigenvalue weighted by atomic mass is 16.5. The lowest BCUT2D eigenvalue weighted by molar-refractivity contribution is -0.0306. The van der Waals surface area contributed by atoms with E-state index in [2.05, 4.69) is 26.1 Å². The van der Waals surface area contributed by atoms with Crippen molar-refractivity contribution in [1.29, 1.82) is 0 Å². The minimum atomic E-state index is -0.937. The normalized spacial score (nSPS) is 31.4. The monoisotopic (exact) mass is 462 g/mol. The molecule has 0 unspecified atom stereocenters. The van der Waals surface area contributed by atoms with Gasteiger partial charge in [0.25, 0.3) is 0 Å². The van der Waals surface area contributed by atoms with Crippen molar-refractivity contribution in [2.75, 3.05) is 12.3 Å². The summed E-state index contributed by atoms with van der Waals surface area (Å²) in [6.07, 6.45) is 10.8. The Kier molecular flexibility index (Phi) is 4.91. The molecule has 9 heteroatoms. The molecular weight excluding hydrogens is 432 g/mol. The molecular formula is C25H30N6O3. The van der Waals surface area contributed by atoms with Gasteiger partial charge in [-0.1, -0.05) is 6.58 Å². The van der Waals surface area contributed by atoms with Gasteiger partial charge in [-0.25, -0.2) is 15.0 Å². The van der Waals surface area contributed by atoms with Gasteiger partial charge < -0.3 is 29.8 Å². The molecule has 4 heterocycles. The standard InChI is InChI=1S/C25H30N6O3/c1-14(5-7-30-15(2)27-11-19(30)16-3-4-16)20-10-25(12-34-20)9-18(21(32)22(25)33)31-8-6-17-23(26)28-13-29-24(17)31/h5-8,11,13,16,18,20-22,32-33H,1,3-4,9-10,12H2,2H3,(H2,26,28,29)/b7-5-/t18-,20-,21+,22+,25-/m1/s1. The SMILES string of the molecule is C=C(/C=C\n1c(C2CC2)cnc1C)[C@H]1C[C@@]2(CO1)C[C@@H](n1ccc3c(N)ncnc31)[C@H](O)[C@@H]2O. The third kappa shape index (κ3) is 3.30. The largest absolute Gasteiger partial charge is 0.390 e. The minimum absolute atomic E-state index is 0.218. The molecule has 178 valence electrons. The second-order valence-electron chi connectivity index (χ2n) is 10.1. The zero-order chi connectivity index (χ0) is 23.6. The second kappa shape index (κ2) is 7.76. The highest BCUT2D eigenvalue weighted by Gasteiger charge is 2.57. The summed E-state index contributed by atoms with van der Waals surface area (Å²) in [6, 6.07) is 1.52. The van der Waals surface area contributed by atoms with E-state index in [1.165, 1.54) is 24.9 Å². The van der Waals surface area contributed by atoms with Gasteiger partial charge in [-0.2, -0.15) is 0 Å². The van der Waals surface area contributed by atoms with Crippen molar-refractivity contribution in [3.05, 3.63) is 54.5 Å². The first-order chi connectivity index (χ1) is 16.4. The molecule has 0 bridgehead atoms. The molecule has 4 N–H and O–H groups in total. The number of nitrogens with two attached hydrogens (primary N) is 1. The maximum absolute atomic E-state index is 11.1. The number of anilines is 1. The maximum Gasteiger partial charge on any atom is 0.145 e. The van der Waals surface area contributed by atoms with Crippen LogP contribution in [0.2, 0.25) is 0 Å². The van der Waals surface area contributed by atoms with Crippen LogP contribution in [0.25, 0.3) is 17.2 Å². The van der Waals surface area contributed by atoms with Crippen LogP contribution in [-0.4, -0.2) is 59.2 Å². The van der Waals surface area contributed by atoms with Gasteiger partial charge in [-0.15, -0.1) is 0 Å². The van der Waals surface area contributed by atoms with Crippen LogP contribution in [0, 0.1) is 12.3 Å². The lowest BCUT2D eigenvalue weighted by Gasteiger charge is -2.26. The molecule has 1 aliphatic heterocycles. The molecule has 3 aromatic rings. The van der Waals surface area contributed by atoms with E-state index in [9.17, 15) is 10.2 Å². The molecule has 2 saturated carbocycles. The first-order valence-corrected chi connectivity index (χ1v) is 11.8. The van der Waals surface area contributed by atoms with Crippen molar-refractivity contribution >= 4 is 23.1 Å². The van der Waals surface area contributed by atoms with E-state index in [0.29, 0.717) is 36.8 Å². The van der Waals surface area contributed by atoms with Gasteiger partial charge in [-0.3, -0.25) is 0 Å². The summed E-state index contributed by atoms with van der Waals surface area (Å²) in [7, 11) is 0. The molecule has 5 atom stereocenters. The molecule has 3 aliphatic rings. The summed E-state index contributed by atoms with van der Waals surface area (Å²) >= 11 is 0. The fraction of sp³-hybridized carbons (Fsp3) is 0.480. The highest BCUT2D eigenvalue weighted by Crippen LogP contribution is 2.52. The van der Waals surface area contributed by atoms with E-state index < -0.39 is 17.6 Å². The Bertz CT molecular complexity index is 1290. The maximum atomic E-state index is 11.1. The zero-order valence-corrected chi connectivity index (χ0v) is 19.2. The summed E-state index contributed by atoms with van der Waals surface area (Å²) in [6.45, 7) is 6.62. The summed E-state index contributed by atoms with van der Waals surface area (Å²) < 4.78 is 10.2. The highest BCUT2D eigenvalue weighted by molar-refractivity contribution is 5.86. The van der Waals surface area contributed by atoms with Crippen LogP contribution in [0.15, 0.2) is 43.0 Å². The van der Waals surface area contributed by atoms with Crippen molar-refractivity contribution in [1.82, 2.24) is 24.1 Å². The fourth-order valence-electron chi connectivity index (χ4n) is 5.72. The number of fused-ring (bicyclic) bond motifs is 1. The number of aliphatic hydroxyl groups excluding tert-OH is 2. The Morgan fingerprint density at radius 2 is 2.09 bits per heavy atom. The Balaban J connectivity index is 1.20. The average molecular weight is 463 g/mol. The van der Waals surface area contributed by atoms with Crippen molar-refractivity contribution in [3.63, 3.8) is 0 Å². The Hall–Kier alpha value is -3.01. The van der Waals surface area contributed by atoms with Crippen LogP contribution in [0.3, 0.4) is 0 Å². The molecule has 1 saturated heterocycles. The molecule has 34 heavy (non-hydrogen) atoms. The Labute approximate surface area is 197 Å². The van der Waals surface area contributed by atoms with Crippen LogP contribution >= 0.6 is 0 Å². The summed E-state index contributed by atoms with van der Waals surface area (Å²) in [4.78, 5) is 12.9. The summed E-state index contributed by atoms with van der Waals surface area (Å²) in [5.74, 6) is 1.95. The van der Waals surface area contributed by atoms with E-state index in [1.807, 2.05) is 42.2 Å². The molecule has 0 radical (unpaired) electrons. The third-order valence-corrected chi connectivity index (χ3v) is 7.88. The average Bonchev–Trinajstić information content (AvgIpc) is 3.15. The number of aromatic nitrogens is 5. The number of ether oxygens (including phenoxy) is 1. The number of hydrogen-bond donors (Lipinski definition) is 3. The summed E-state index contributed by atoms with van der Waals surface area (Å²) in [5, 5.41) is 22.9. The number of imidazole rings is 1. The lowest BCUT2D eigenvalue weighted by atomic mass is 9.80. The third-order valence-electron chi connectivity index (χ3n) is 7.88. The Morgan fingerprint density at radius 1 is 1.26 bits per heavy atom. The number of rotatable bonds is 5. The molecule has 0 amide bonds. The van der Waals surface area contributed by atoms with E-state index in [1.54, 1.807) is 0 Å². The predicted molar refractivity (Wildman–Crippen MR) is 128 cm³/mol. The van der Waals surface area contributed by atoms with Crippen LogP contribution in [0.5, 0.6) is 0 Å². The van der Waals surface area contributed by atoms with E-state index in [-0.39, 0.29) is 12.1 Å². The quantitative estimate of drug-likeness (QED) is 0.498. The molecule has 3 aromatic heterocycles. The number of aliphatic hydroxyl groups is 2. The van der Waals surface area contributed by atoms with E-state index in [4.69, 9.17) is 10.5 Å². The van der Waals surface area contributed by atoms with Gasteiger partial charge in [0.2, 0.25) is 0 Å². The molecule has 1 spiro atoms. The lowest BCUT2D eigenvalue weighted by Crippen LogP contribution is -2.37. The van der Waals surface area contributed by atoms with Crippen LogP contribution in [0.4, 0.5) is 5.82 Å². The number of nitrogens with zero attached hydrogens (tertiary/aromatic N) is 5. The molecule has 3 fully saturated rings. The van der Waals surface area contributed by atoms with Crippen molar-refractivity contribution in [3.8, 4) is 0 Å². The molecule has 0 aromatic carbocycles. The van der Waals surface area contributed by atoms with Gasteiger partial charge >= 0.3 is 0 Å². The summed E-state index contributed by atoms with van der Waals surface area (Å²) in [5.41, 5.74) is 8.18. The van der Waals surface area contributed by atoms with E-state index in [0.717, 1.165) is 16.8 Å². The first-order valence-electron chi connectivity index (χ1n) is 11.8. The fourth-order valence-corrected chi connectivity index (χ4v) is 5.72. The molecule has 6 rings (SSSR count). The zero-order valence-electron chi connectivity index (χ0n) is 19.2. The number of hydrogen-bond acceptors (Lipinski definition) is 7. The first kappa shape index (κ1) is 21.5. The van der Waals surface area contributed by atoms with Gasteiger partial charge in [0.1, 0.15) is 29.7 Å². The Morgan fingerprint density at radius 3 is 2.88 bits per heavy atom. The van der Waals surface area contributed by atoms with Gasteiger partial charge in [-0.05, 0) is 50.3 Å². The smallest absolute Gasteiger partial charge is 0.145 e. The number of nitrogen functional groups attached to an aromatic ring is 1. The molecule has 2 aliphatic carbocycles. The van der Waals surface area contributed by atoms with Gasteiger partial charge in [0.15, 0.2) is 0 Å². The second-order valence-corrected chi connectivity index (χ2v) is 10.1. The van der Waals surface area contributed by atoms with Gasteiger partial charge in [0, 0.05) is 35.6 Å². The van der Waals surface area contributed by atoms with Crippen LogP contribution < -0.4 is 5.73 Å². The number of aryl methyl sites for hydroxylation is 1. The van der Waals surface area contributed by atoms with Gasteiger partial charge in [0.05, 0.1) is 30.2 Å².